The van der Waals surface area contributed by atoms with Crippen LogP contribution in [0.15, 0.2) is 10.7 Å². The lowest BCUT2D eigenvalue weighted by Gasteiger charge is -2.40. The van der Waals surface area contributed by atoms with Crippen LogP contribution in [0.2, 0.25) is 0 Å². The van der Waals surface area contributed by atoms with Crippen LogP contribution in [0.3, 0.4) is 0 Å². The number of piperidine rings is 1. The zero-order valence-electron chi connectivity index (χ0n) is 13.8. The molecule has 1 aromatic rings. The van der Waals surface area contributed by atoms with E-state index < -0.39 is 24.2 Å². The van der Waals surface area contributed by atoms with Crippen molar-refractivity contribution in [2.75, 3.05) is 6.54 Å². The highest BCUT2D eigenvalue weighted by molar-refractivity contribution is 5.92. The fourth-order valence-corrected chi connectivity index (χ4v) is 3.32. The Morgan fingerprint density at radius 1 is 1.28 bits per heavy atom. The minimum Gasteiger partial charge on any atom is -0.448 e. The SMILES string of the molecule is CC(=O)N[C@@H]1CC[C@H](C(F)(F)F)N(C(=O)c2coc(C3CCC3)n2)C1. The Morgan fingerprint density at radius 2 is 2.00 bits per heavy atom. The Balaban J connectivity index is 1.79. The van der Waals surface area contributed by atoms with E-state index >= 15 is 0 Å². The van der Waals surface area contributed by atoms with Crippen molar-refractivity contribution in [3.8, 4) is 0 Å². The van der Waals surface area contributed by atoms with Crippen molar-refractivity contribution in [2.45, 2.75) is 63.2 Å². The summed E-state index contributed by atoms with van der Waals surface area (Å²) in [5, 5.41) is 2.59. The van der Waals surface area contributed by atoms with Crippen molar-refractivity contribution >= 4 is 11.8 Å². The molecular formula is C16H20F3N3O3. The van der Waals surface area contributed by atoms with Crippen molar-refractivity contribution in [1.29, 1.82) is 0 Å². The molecule has 1 aliphatic carbocycles. The summed E-state index contributed by atoms with van der Waals surface area (Å²) < 4.78 is 45.3. The molecule has 1 saturated heterocycles. The normalized spacial score (nSPS) is 24.7. The number of nitrogens with zero attached hydrogens (tertiary/aromatic N) is 2. The average Bonchev–Trinajstić information content (AvgIpc) is 2.92. The topological polar surface area (TPSA) is 75.4 Å². The number of alkyl halides is 3. The molecule has 2 aliphatic rings. The number of hydrogen-bond donors (Lipinski definition) is 1. The monoisotopic (exact) mass is 359 g/mol. The van der Waals surface area contributed by atoms with Gasteiger partial charge in [0.1, 0.15) is 12.3 Å². The van der Waals surface area contributed by atoms with Crippen LogP contribution in [0.25, 0.3) is 0 Å². The number of rotatable bonds is 3. The maximum absolute atomic E-state index is 13.3. The van der Waals surface area contributed by atoms with E-state index in [1.54, 1.807) is 0 Å². The first-order chi connectivity index (χ1) is 11.8. The summed E-state index contributed by atoms with van der Waals surface area (Å²) in [6, 6.07) is -2.38. The fraction of sp³-hybridized carbons (Fsp3) is 0.688. The lowest BCUT2D eigenvalue weighted by Crippen LogP contribution is -2.58. The van der Waals surface area contributed by atoms with Gasteiger partial charge < -0.3 is 14.6 Å². The van der Waals surface area contributed by atoms with Gasteiger partial charge in [0.05, 0.1) is 0 Å². The van der Waals surface area contributed by atoms with Gasteiger partial charge in [0, 0.05) is 25.4 Å². The smallest absolute Gasteiger partial charge is 0.408 e. The van der Waals surface area contributed by atoms with Gasteiger partial charge in [0.25, 0.3) is 5.91 Å². The van der Waals surface area contributed by atoms with Crippen molar-refractivity contribution in [2.24, 2.45) is 0 Å². The second-order valence-corrected chi connectivity index (χ2v) is 6.69. The summed E-state index contributed by atoms with van der Waals surface area (Å²) in [4.78, 5) is 28.7. The summed E-state index contributed by atoms with van der Waals surface area (Å²) in [7, 11) is 0. The maximum Gasteiger partial charge on any atom is 0.408 e. The Labute approximate surface area is 142 Å². The summed E-state index contributed by atoms with van der Waals surface area (Å²) in [5.74, 6) is -0.592. The first-order valence-electron chi connectivity index (χ1n) is 8.36. The van der Waals surface area contributed by atoms with E-state index in [1.165, 1.54) is 6.92 Å². The molecule has 0 unspecified atom stereocenters. The summed E-state index contributed by atoms with van der Waals surface area (Å²) in [6.07, 6.45) is -0.617. The third kappa shape index (κ3) is 3.80. The molecule has 1 aromatic heterocycles. The second-order valence-electron chi connectivity index (χ2n) is 6.69. The van der Waals surface area contributed by atoms with E-state index in [2.05, 4.69) is 10.3 Å². The number of amides is 2. The molecule has 6 nitrogen and oxygen atoms in total. The molecule has 25 heavy (non-hydrogen) atoms. The Kier molecular flexibility index (Phi) is 4.75. The van der Waals surface area contributed by atoms with Crippen molar-refractivity contribution in [3.05, 3.63) is 17.8 Å². The molecule has 3 rings (SSSR count). The predicted octanol–water partition coefficient (Wildman–Crippen LogP) is 2.61. The number of halogens is 3. The van der Waals surface area contributed by atoms with E-state index in [4.69, 9.17) is 4.42 Å². The Hall–Kier alpha value is -2.06. The van der Waals surface area contributed by atoms with Crippen LogP contribution >= 0.6 is 0 Å². The predicted molar refractivity (Wildman–Crippen MR) is 80.8 cm³/mol. The molecule has 138 valence electrons. The number of hydrogen-bond acceptors (Lipinski definition) is 4. The van der Waals surface area contributed by atoms with Gasteiger partial charge in [-0.2, -0.15) is 13.2 Å². The number of carbonyl (C=O) groups is 2. The quantitative estimate of drug-likeness (QED) is 0.900. The highest BCUT2D eigenvalue weighted by atomic mass is 19.4. The third-order valence-corrected chi connectivity index (χ3v) is 4.82. The molecule has 0 radical (unpaired) electrons. The van der Waals surface area contributed by atoms with Crippen LogP contribution in [0.1, 0.15) is 61.3 Å². The molecule has 2 atom stereocenters. The molecular weight excluding hydrogens is 339 g/mol. The molecule has 1 aliphatic heterocycles. The van der Waals surface area contributed by atoms with Crippen LogP contribution in [-0.4, -0.2) is 46.5 Å². The van der Waals surface area contributed by atoms with Crippen molar-refractivity contribution < 1.29 is 27.2 Å². The molecule has 2 fully saturated rings. The summed E-state index contributed by atoms with van der Waals surface area (Å²) in [6.45, 7) is 1.10. The van der Waals surface area contributed by atoms with Crippen LogP contribution in [-0.2, 0) is 4.79 Å². The van der Waals surface area contributed by atoms with Crippen molar-refractivity contribution in [1.82, 2.24) is 15.2 Å². The molecule has 9 heteroatoms. The number of aromatic nitrogens is 1. The molecule has 0 bridgehead atoms. The van der Waals surface area contributed by atoms with Gasteiger partial charge in [-0.3, -0.25) is 9.59 Å². The second kappa shape index (κ2) is 6.68. The fourth-order valence-electron chi connectivity index (χ4n) is 3.32. The van der Waals surface area contributed by atoms with Crippen molar-refractivity contribution in [3.63, 3.8) is 0 Å². The van der Waals surface area contributed by atoms with E-state index in [1.807, 2.05) is 0 Å². The molecule has 2 amide bonds. The van der Waals surface area contributed by atoms with Gasteiger partial charge in [-0.05, 0) is 25.7 Å². The summed E-state index contributed by atoms with van der Waals surface area (Å²) in [5.41, 5.74) is -0.111. The Bertz CT molecular complexity index is 655. The number of likely N-dealkylation sites (tertiary alicyclic amines) is 1. The molecule has 0 spiro atoms. The Morgan fingerprint density at radius 3 is 2.56 bits per heavy atom. The van der Waals surface area contributed by atoms with E-state index in [0.717, 1.165) is 30.4 Å². The van der Waals surface area contributed by atoms with Crippen LogP contribution in [0.4, 0.5) is 13.2 Å². The molecule has 1 N–H and O–H groups in total. The van der Waals surface area contributed by atoms with Gasteiger partial charge in [0.2, 0.25) is 5.91 Å². The van der Waals surface area contributed by atoms with E-state index in [-0.39, 0.29) is 36.9 Å². The standard InChI is InChI=1S/C16H20F3N3O3/c1-9(23)20-11-5-6-13(16(17,18)19)22(7-11)15(24)12-8-25-14(21-12)10-3-2-4-10/h8,10-11,13H,2-7H2,1H3,(H,20,23)/t11-,13-/m1/s1. The molecule has 1 saturated carbocycles. The lowest BCUT2D eigenvalue weighted by molar-refractivity contribution is -0.184. The summed E-state index contributed by atoms with van der Waals surface area (Å²) >= 11 is 0. The first kappa shape index (κ1) is 17.8. The van der Waals surface area contributed by atoms with Gasteiger partial charge in [-0.1, -0.05) is 6.42 Å². The van der Waals surface area contributed by atoms with Gasteiger partial charge in [-0.15, -0.1) is 0 Å². The van der Waals surface area contributed by atoms with Crippen LogP contribution in [0.5, 0.6) is 0 Å². The molecule has 0 aromatic carbocycles. The zero-order valence-corrected chi connectivity index (χ0v) is 13.8. The first-order valence-corrected chi connectivity index (χ1v) is 8.36. The van der Waals surface area contributed by atoms with Gasteiger partial charge >= 0.3 is 6.18 Å². The zero-order chi connectivity index (χ0) is 18.2. The van der Waals surface area contributed by atoms with Gasteiger partial charge in [0.15, 0.2) is 11.6 Å². The number of nitrogens with one attached hydrogen (secondary N) is 1. The minimum absolute atomic E-state index is 0.111. The maximum atomic E-state index is 13.3. The third-order valence-electron chi connectivity index (χ3n) is 4.82. The minimum atomic E-state index is -4.53. The lowest BCUT2D eigenvalue weighted by atomic mass is 9.85. The van der Waals surface area contributed by atoms with E-state index in [0.29, 0.717) is 5.89 Å². The van der Waals surface area contributed by atoms with Crippen LogP contribution in [0, 0.1) is 0 Å². The highest BCUT2D eigenvalue weighted by Gasteiger charge is 2.48. The molecule has 2 heterocycles. The number of oxazole rings is 1. The van der Waals surface area contributed by atoms with Crippen LogP contribution < -0.4 is 5.32 Å². The number of carbonyl (C=O) groups excluding carboxylic acids is 2. The van der Waals surface area contributed by atoms with E-state index in [9.17, 15) is 22.8 Å². The van der Waals surface area contributed by atoms with Gasteiger partial charge in [-0.25, -0.2) is 4.98 Å². The highest BCUT2D eigenvalue weighted by Crippen LogP contribution is 2.36. The average molecular weight is 359 g/mol. The largest absolute Gasteiger partial charge is 0.448 e.